The fraction of sp³-hybridized carbons (Fsp3) is 0.160. The number of fused-ring (bicyclic) bond motifs is 1. The first-order chi connectivity index (χ1) is 16.0. The molecule has 0 aliphatic rings. The maximum Gasteiger partial charge on any atom is 0.337 e. The molecule has 0 spiro atoms. The van der Waals surface area contributed by atoms with Crippen LogP contribution in [0.4, 0.5) is 10.2 Å². The zero-order valence-electron chi connectivity index (χ0n) is 18.3. The molecule has 1 N–H and O–H groups in total. The van der Waals surface area contributed by atoms with Crippen molar-refractivity contribution < 1.29 is 23.4 Å². The highest BCUT2D eigenvalue weighted by Gasteiger charge is 2.16. The number of hydrogen-bond acceptors (Lipinski definition) is 7. The van der Waals surface area contributed by atoms with E-state index in [1.54, 1.807) is 24.5 Å². The number of carbonyl (C=O) groups excluding carboxylic acids is 1. The van der Waals surface area contributed by atoms with E-state index in [1.807, 2.05) is 31.2 Å². The molecule has 0 radical (unpaired) electrons. The van der Waals surface area contributed by atoms with Crippen LogP contribution in [0.3, 0.4) is 0 Å². The molecule has 0 amide bonds. The fourth-order valence-corrected chi connectivity index (χ4v) is 3.42. The number of ether oxygens (including phenoxy) is 3. The summed E-state index contributed by atoms with van der Waals surface area (Å²) in [5, 5.41) is 4.93. The Hall–Kier alpha value is -4.20. The molecule has 0 saturated carbocycles. The number of pyridine rings is 2. The molecular weight excluding hydrogens is 425 g/mol. The van der Waals surface area contributed by atoms with Gasteiger partial charge < -0.3 is 19.5 Å². The SMILES string of the molecule is COC(=O)c1ccc([C@H](C)Nc2nccc3ccnc(Oc4ccc(F)cc4OC)c23)cc1. The number of methoxy groups -OCH3 is 2. The average Bonchev–Trinajstić information content (AvgIpc) is 2.84. The number of nitrogens with zero attached hydrogens (tertiary/aromatic N) is 2. The van der Waals surface area contributed by atoms with Gasteiger partial charge in [0.05, 0.1) is 25.2 Å². The molecule has 7 nitrogen and oxygen atoms in total. The molecule has 0 unspecified atom stereocenters. The lowest BCUT2D eigenvalue weighted by Crippen LogP contribution is -2.09. The molecule has 8 heteroatoms. The van der Waals surface area contributed by atoms with Crippen molar-refractivity contribution in [3.8, 4) is 17.4 Å². The van der Waals surface area contributed by atoms with E-state index < -0.39 is 5.82 Å². The van der Waals surface area contributed by atoms with E-state index in [4.69, 9.17) is 14.2 Å². The highest BCUT2D eigenvalue weighted by molar-refractivity contribution is 5.96. The van der Waals surface area contributed by atoms with Gasteiger partial charge in [0.15, 0.2) is 11.5 Å². The van der Waals surface area contributed by atoms with Crippen LogP contribution in [0.2, 0.25) is 0 Å². The Morgan fingerprint density at radius 2 is 1.70 bits per heavy atom. The number of halogens is 1. The van der Waals surface area contributed by atoms with Gasteiger partial charge in [0.25, 0.3) is 0 Å². The van der Waals surface area contributed by atoms with E-state index in [2.05, 4.69) is 15.3 Å². The molecule has 0 bridgehead atoms. The molecule has 0 aliphatic carbocycles. The number of nitrogens with one attached hydrogen (secondary N) is 1. The van der Waals surface area contributed by atoms with E-state index in [0.717, 1.165) is 10.9 Å². The minimum absolute atomic E-state index is 0.136. The van der Waals surface area contributed by atoms with Crippen molar-refractivity contribution in [3.63, 3.8) is 0 Å². The Balaban J connectivity index is 1.67. The number of benzene rings is 2. The lowest BCUT2D eigenvalue weighted by atomic mass is 10.1. The van der Waals surface area contributed by atoms with Crippen LogP contribution in [0.15, 0.2) is 67.0 Å². The number of carbonyl (C=O) groups is 1. The first kappa shape index (κ1) is 22.0. The first-order valence-electron chi connectivity index (χ1n) is 10.2. The van der Waals surface area contributed by atoms with Crippen molar-refractivity contribution in [2.45, 2.75) is 13.0 Å². The van der Waals surface area contributed by atoms with Crippen molar-refractivity contribution in [1.29, 1.82) is 0 Å². The van der Waals surface area contributed by atoms with Gasteiger partial charge in [0.1, 0.15) is 11.6 Å². The minimum Gasteiger partial charge on any atom is -0.493 e. The van der Waals surface area contributed by atoms with Crippen molar-refractivity contribution >= 4 is 22.6 Å². The zero-order valence-corrected chi connectivity index (χ0v) is 18.3. The third kappa shape index (κ3) is 4.69. The predicted molar refractivity (Wildman–Crippen MR) is 122 cm³/mol. The van der Waals surface area contributed by atoms with E-state index in [9.17, 15) is 9.18 Å². The van der Waals surface area contributed by atoms with Crippen LogP contribution in [0.1, 0.15) is 28.9 Å². The Morgan fingerprint density at radius 1 is 0.970 bits per heavy atom. The highest BCUT2D eigenvalue weighted by atomic mass is 19.1. The van der Waals surface area contributed by atoms with Gasteiger partial charge in [-0.15, -0.1) is 0 Å². The fourth-order valence-electron chi connectivity index (χ4n) is 3.42. The Morgan fingerprint density at radius 3 is 2.39 bits per heavy atom. The van der Waals surface area contributed by atoms with Gasteiger partial charge in [0, 0.05) is 24.5 Å². The van der Waals surface area contributed by atoms with E-state index in [1.165, 1.54) is 32.4 Å². The van der Waals surface area contributed by atoms with Crippen LogP contribution in [0, 0.1) is 5.82 Å². The van der Waals surface area contributed by atoms with Gasteiger partial charge in [-0.3, -0.25) is 0 Å². The van der Waals surface area contributed by atoms with E-state index >= 15 is 0 Å². The van der Waals surface area contributed by atoms with E-state index in [-0.39, 0.29) is 17.8 Å². The van der Waals surface area contributed by atoms with E-state index in [0.29, 0.717) is 28.4 Å². The topological polar surface area (TPSA) is 82.6 Å². The molecule has 1 atom stereocenters. The van der Waals surface area contributed by atoms with Crippen LogP contribution in [-0.2, 0) is 4.74 Å². The third-order valence-corrected chi connectivity index (χ3v) is 5.16. The lowest BCUT2D eigenvalue weighted by molar-refractivity contribution is 0.0600. The summed E-state index contributed by atoms with van der Waals surface area (Å²) >= 11 is 0. The summed E-state index contributed by atoms with van der Waals surface area (Å²) in [4.78, 5) is 20.6. The summed E-state index contributed by atoms with van der Waals surface area (Å²) < 4.78 is 29.6. The average molecular weight is 447 g/mol. The quantitative estimate of drug-likeness (QED) is 0.373. The van der Waals surface area contributed by atoms with Gasteiger partial charge >= 0.3 is 5.97 Å². The van der Waals surface area contributed by atoms with Crippen molar-refractivity contribution in [2.75, 3.05) is 19.5 Å². The number of rotatable bonds is 7. The van der Waals surface area contributed by atoms with Gasteiger partial charge in [-0.2, -0.15) is 0 Å². The van der Waals surface area contributed by atoms with Gasteiger partial charge in [-0.1, -0.05) is 12.1 Å². The third-order valence-electron chi connectivity index (χ3n) is 5.16. The molecule has 0 fully saturated rings. The van der Waals surface area contributed by atoms with Gasteiger partial charge in [0.2, 0.25) is 5.88 Å². The van der Waals surface area contributed by atoms with Crippen LogP contribution in [0.25, 0.3) is 10.8 Å². The summed E-state index contributed by atoms with van der Waals surface area (Å²) in [5.41, 5.74) is 1.43. The molecular formula is C25H22FN3O4. The van der Waals surface area contributed by atoms with Crippen LogP contribution >= 0.6 is 0 Å². The Kier molecular flexibility index (Phi) is 6.35. The number of aromatic nitrogens is 2. The highest BCUT2D eigenvalue weighted by Crippen LogP contribution is 2.37. The maximum atomic E-state index is 13.6. The van der Waals surface area contributed by atoms with Crippen LogP contribution < -0.4 is 14.8 Å². The second-order valence-corrected chi connectivity index (χ2v) is 7.25. The molecule has 0 saturated heterocycles. The molecule has 2 aromatic carbocycles. The summed E-state index contributed by atoms with van der Waals surface area (Å²) in [5.74, 6) is 0.650. The summed E-state index contributed by atoms with van der Waals surface area (Å²) in [6, 6.07) is 14.7. The maximum absolute atomic E-state index is 13.6. The molecule has 2 aromatic heterocycles. The monoisotopic (exact) mass is 447 g/mol. The lowest BCUT2D eigenvalue weighted by Gasteiger charge is -2.18. The molecule has 4 rings (SSSR count). The van der Waals surface area contributed by atoms with Gasteiger partial charge in [-0.05, 0) is 54.3 Å². The van der Waals surface area contributed by atoms with Crippen molar-refractivity contribution in [1.82, 2.24) is 9.97 Å². The van der Waals surface area contributed by atoms with Crippen LogP contribution in [-0.4, -0.2) is 30.2 Å². The van der Waals surface area contributed by atoms with Gasteiger partial charge in [-0.25, -0.2) is 19.2 Å². The normalized spacial score (nSPS) is 11.6. The number of anilines is 1. The van der Waals surface area contributed by atoms with Crippen molar-refractivity contribution in [2.24, 2.45) is 0 Å². The molecule has 168 valence electrons. The Bertz CT molecular complexity index is 1290. The Labute approximate surface area is 190 Å². The van der Waals surface area contributed by atoms with Crippen LogP contribution in [0.5, 0.6) is 17.4 Å². The second kappa shape index (κ2) is 9.52. The smallest absolute Gasteiger partial charge is 0.337 e. The summed E-state index contributed by atoms with van der Waals surface area (Å²) in [6.07, 6.45) is 3.33. The largest absolute Gasteiger partial charge is 0.493 e. The molecule has 0 aliphatic heterocycles. The second-order valence-electron chi connectivity index (χ2n) is 7.25. The number of esters is 1. The summed E-state index contributed by atoms with van der Waals surface area (Å²) in [7, 11) is 2.79. The predicted octanol–water partition coefficient (Wildman–Crippen LogP) is 5.53. The van der Waals surface area contributed by atoms with Crippen molar-refractivity contribution in [3.05, 3.63) is 83.9 Å². The number of hydrogen-bond donors (Lipinski definition) is 1. The first-order valence-corrected chi connectivity index (χ1v) is 10.2. The molecule has 2 heterocycles. The standard InChI is InChI=1S/C25H22FN3O4/c1-15(16-4-6-18(7-5-16)25(30)32-3)29-23-22-17(10-12-27-23)11-13-28-24(22)33-20-9-8-19(26)14-21(20)31-2/h4-15H,1-3H3,(H,27,29)/t15-/m0/s1. The summed E-state index contributed by atoms with van der Waals surface area (Å²) in [6.45, 7) is 1.98. The minimum atomic E-state index is -0.429. The zero-order chi connectivity index (χ0) is 23.4. The molecule has 4 aromatic rings. The molecule has 33 heavy (non-hydrogen) atoms.